The van der Waals surface area contributed by atoms with Gasteiger partial charge in [-0.25, -0.2) is 4.98 Å². The molecule has 1 unspecified atom stereocenters. The maximum atomic E-state index is 5.92. The van der Waals surface area contributed by atoms with Crippen molar-refractivity contribution < 1.29 is 0 Å². The lowest BCUT2D eigenvalue weighted by atomic mass is 10.0. The van der Waals surface area contributed by atoms with E-state index >= 15 is 0 Å². The van der Waals surface area contributed by atoms with Gasteiger partial charge in [0.2, 0.25) is 0 Å². The largest absolute Gasteiger partial charge is 0.332 e. The smallest absolute Gasteiger partial charge is 0.0949 e. The van der Waals surface area contributed by atoms with Crippen LogP contribution in [0.1, 0.15) is 37.9 Å². The number of hydrogen-bond acceptors (Lipinski definition) is 3. The quantitative estimate of drug-likeness (QED) is 0.840. The molecule has 2 N–H and O–H groups in total. The predicted molar refractivity (Wildman–Crippen MR) is 65.1 cm³/mol. The Morgan fingerprint density at radius 3 is 3.06 bits per heavy atom. The topological polar surface area (TPSA) is 47.1 Å². The molecule has 1 aromatic rings. The van der Waals surface area contributed by atoms with Gasteiger partial charge in [-0.1, -0.05) is 6.42 Å². The molecule has 2 heterocycles. The van der Waals surface area contributed by atoms with Crippen molar-refractivity contribution in [2.45, 2.75) is 44.8 Å². The summed E-state index contributed by atoms with van der Waals surface area (Å²) in [4.78, 5) is 6.65. The highest BCUT2D eigenvalue weighted by atomic mass is 15.2. The zero-order chi connectivity index (χ0) is 11.5. The highest BCUT2D eigenvalue weighted by molar-refractivity contribution is 5.03. The molecule has 16 heavy (non-hydrogen) atoms. The van der Waals surface area contributed by atoms with Gasteiger partial charge in [0.15, 0.2) is 0 Å². The minimum atomic E-state index is 0.0661. The molecule has 1 aliphatic rings. The number of aromatic nitrogens is 2. The summed E-state index contributed by atoms with van der Waals surface area (Å²) < 4.78 is 2.21. The zero-order valence-corrected chi connectivity index (χ0v) is 10.3. The molecule has 0 aromatic carbocycles. The van der Waals surface area contributed by atoms with Crippen LogP contribution in [0, 0.1) is 0 Å². The van der Waals surface area contributed by atoms with Crippen molar-refractivity contribution in [1.82, 2.24) is 14.5 Å². The second kappa shape index (κ2) is 4.97. The van der Waals surface area contributed by atoms with Crippen LogP contribution in [0.15, 0.2) is 12.5 Å². The van der Waals surface area contributed by atoms with Crippen LogP contribution in [0.2, 0.25) is 0 Å². The Hall–Kier alpha value is -0.870. The SMILES string of the molecule is C[C@H](N)c1cncn1CC1CCCCN1C. The van der Waals surface area contributed by atoms with E-state index in [2.05, 4.69) is 21.5 Å². The molecule has 0 bridgehead atoms. The second-order valence-electron chi connectivity index (χ2n) is 4.89. The van der Waals surface area contributed by atoms with Gasteiger partial charge in [-0.3, -0.25) is 0 Å². The number of nitrogens with zero attached hydrogens (tertiary/aromatic N) is 3. The first-order valence-electron chi connectivity index (χ1n) is 6.14. The summed E-state index contributed by atoms with van der Waals surface area (Å²) in [5.74, 6) is 0. The fourth-order valence-electron chi connectivity index (χ4n) is 2.46. The van der Waals surface area contributed by atoms with Crippen LogP contribution >= 0.6 is 0 Å². The third-order valence-corrected chi connectivity index (χ3v) is 3.54. The molecule has 1 saturated heterocycles. The van der Waals surface area contributed by atoms with Crippen molar-refractivity contribution in [3.8, 4) is 0 Å². The second-order valence-corrected chi connectivity index (χ2v) is 4.89. The van der Waals surface area contributed by atoms with Gasteiger partial charge in [-0.2, -0.15) is 0 Å². The lowest BCUT2D eigenvalue weighted by Gasteiger charge is -2.33. The Balaban J connectivity index is 2.04. The summed E-state index contributed by atoms with van der Waals surface area (Å²) >= 11 is 0. The molecule has 1 fully saturated rings. The summed E-state index contributed by atoms with van der Waals surface area (Å²) in [6, 6.07) is 0.705. The van der Waals surface area contributed by atoms with E-state index in [1.807, 2.05) is 19.4 Å². The molecule has 0 spiro atoms. The average molecular weight is 222 g/mol. The van der Waals surface area contributed by atoms with E-state index in [1.165, 1.54) is 25.8 Å². The average Bonchev–Trinajstić information content (AvgIpc) is 2.69. The van der Waals surface area contributed by atoms with Crippen molar-refractivity contribution in [2.24, 2.45) is 5.73 Å². The number of rotatable bonds is 3. The Labute approximate surface area is 97.4 Å². The van der Waals surface area contributed by atoms with E-state index in [0.29, 0.717) is 6.04 Å². The Morgan fingerprint density at radius 2 is 2.38 bits per heavy atom. The molecule has 1 aliphatic heterocycles. The number of nitrogens with two attached hydrogens (primary N) is 1. The van der Waals surface area contributed by atoms with E-state index in [0.717, 1.165) is 12.2 Å². The van der Waals surface area contributed by atoms with E-state index in [-0.39, 0.29) is 6.04 Å². The lowest BCUT2D eigenvalue weighted by Crippen LogP contribution is -2.39. The van der Waals surface area contributed by atoms with E-state index in [9.17, 15) is 0 Å². The molecule has 0 aliphatic carbocycles. The van der Waals surface area contributed by atoms with Crippen molar-refractivity contribution in [3.63, 3.8) is 0 Å². The van der Waals surface area contributed by atoms with Gasteiger partial charge < -0.3 is 15.2 Å². The van der Waals surface area contributed by atoms with Crippen molar-refractivity contribution in [2.75, 3.05) is 13.6 Å². The van der Waals surface area contributed by atoms with Gasteiger partial charge in [-0.15, -0.1) is 0 Å². The molecule has 2 rings (SSSR count). The van der Waals surface area contributed by atoms with Crippen LogP contribution in [-0.4, -0.2) is 34.1 Å². The number of hydrogen-bond donors (Lipinski definition) is 1. The summed E-state index contributed by atoms with van der Waals surface area (Å²) in [6.07, 6.45) is 7.75. The number of likely N-dealkylation sites (tertiary alicyclic amines) is 1. The summed E-state index contributed by atoms with van der Waals surface area (Å²) in [5.41, 5.74) is 7.06. The first-order valence-corrected chi connectivity index (χ1v) is 6.14. The van der Waals surface area contributed by atoms with Crippen molar-refractivity contribution in [3.05, 3.63) is 18.2 Å². The number of piperidine rings is 1. The number of likely N-dealkylation sites (N-methyl/N-ethyl adjacent to an activating group) is 1. The summed E-state index contributed by atoms with van der Waals surface area (Å²) in [5, 5.41) is 0. The molecule has 4 nitrogen and oxygen atoms in total. The maximum absolute atomic E-state index is 5.92. The van der Waals surface area contributed by atoms with Gasteiger partial charge in [0, 0.05) is 24.8 Å². The fraction of sp³-hybridized carbons (Fsp3) is 0.750. The molecule has 0 amide bonds. The van der Waals surface area contributed by atoms with Crippen LogP contribution in [0.25, 0.3) is 0 Å². The number of imidazole rings is 1. The Kier molecular flexibility index (Phi) is 3.61. The molecule has 90 valence electrons. The van der Waals surface area contributed by atoms with Gasteiger partial charge in [0.1, 0.15) is 0 Å². The molecular weight excluding hydrogens is 200 g/mol. The third kappa shape index (κ3) is 2.44. The van der Waals surface area contributed by atoms with E-state index < -0.39 is 0 Å². The zero-order valence-electron chi connectivity index (χ0n) is 10.3. The van der Waals surface area contributed by atoms with E-state index in [1.54, 1.807) is 0 Å². The van der Waals surface area contributed by atoms with Crippen LogP contribution < -0.4 is 5.73 Å². The van der Waals surface area contributed by atoms with Crippen molar-refractivity contribution in [1.29, 1.82) is 0 Å². The molecule has 1 aromatic heterocycles. The van der Waals surface area contributed by atoms with Crippen LogP contribution in [0.3, 0.4) is 0 Å². The molecule has 0 radical (unpaired) electrons. The first-order chi connectivity index (χ1) is 7.68. The summed E-state index contributed by atoms with van der Waals surface area (Å²) in [7, 11) is 2.21. The first kappa shape index (κ1) is 11.6. The fourth-order valence-corrected chi connectivity index (χ4v) is 2.46. The van der Waals surface area contributed by atoms with Crippen molar-refractivity contribution >= 4 is 0 Å². The minimum Gasteiger partial charge on any atom is -0.332 e. The standard InChI is InChI=1S/C12H22N4/c1-10(13)12-7-14-9-16(12)8-11-5-3-4-6-15(11)2/h7,9-11H,3-6,8,13H2,1-2H3/t10-,11?/m0/s1. The minimum absolute atomic E-state index is 0.0661. The van der Waals surface area contributed by atoms with Gasteiger partial charge in [0.05, 0.1) is 12.0 Å². The van der Waals surface area contributed by atoms with Gasteiger partial charge in [0.25, 0.3) is 0 Å². The van der Waals surface area contributed by atoms with Crippen LogP contribution in [0.5, 0.6) is 0 Å². The maximum Gasteiger partial charge on any atom is 0.0949 e. The Bertz CT molecular complexity index is 332. The summed E-state index contributed by atoms with van der Waals surface area (Å²) in [6.45, 7) is 4.25. The highest BCUT2D eigenvalue weighted by Crippen LogP contribution is 2.18. The van der Waals surface area contributed by atoms with Gasteiger partial charge >= 0.3 is 0 Å². The molecular formula is C12H22N4. The molecule has 0 saturated carbocycles. The van der Waals surface area contributed by atoms with Gasteiger partial charge in [-0.05, 0) is 33.4 Å². The van der Waals surface area contributed by atoms with E-state index in [4.69, 9.17) is 5.73 Å². The molecule has 4 heteroatoms. The normalized spacial score (nSPS) is 24.6. The third-order valence-electron chi connectivity index (χ3n) is 3.54. The predicted octanol–water partition coefficient (Wildman–Crippen LogP) is 1.39. The lowest BCUT2D eigenvalue weighted by molar-refractivity contribution is 0.166. The Morgan fingerprint density at radius 1 is 1.56 bits per heavy atom. The van der Waals surface area contributed by atoms with Crippen LogP contribution in [-0.2, 0) is 6.54 Å². The highest BCUT2D eigenvalue weighted by Gasteiger charge is 2.20. The van der Waals surface area contributed by atoms with Crippen LogP contribution in [0.4, 0.5) is 0 Å². The molecule has 2 atom stereocenters. The monoisotopic (exact) mass is 222 g/mol.